The van der Waals surface area contributed by atoms with Gasteiger partial charge in [-0.15, -0.1) is 0 Å². The summed E-state index contributed by atoms with van der Waals surface area (Å²) in [6.07, 6.45) is 0.168. The third-order valence-electron chi connectivity index (χ3n) is 2.38. The summed E-state index contributed by atoms with van der Waals surface area (Å²) in [6, 6.07) is 7.04. The molecule has 0 fully saturated rings. The van der Waals surface area contributed by atoms with Crippen LogP contribution in [-0.2, 0) is 16.0 Å². The number of carbonyl (C=O) groups excluding carboxylic acids is 2. The van der Waals surface area contributed by atoms with Gasteiger partial charge in [-0.2, -0.15) is 0 Å². The summed E-state index contributed by atoms with van der Waals surface area (Å²) in [5, 5.41) is 2.57. The van der Waals surface area contributed by atoms with Crippen LogP contribution in [0.1, 0.15) is 19.4 Å². The number of anilines is 1. The Labute approximate surface area is 100 Å². The molecule has 0 unspecified atom stereocenters. The quantitative estimate of drug-likeness (QED) is 0.650. The first-order valence-electron chi connectivity index (χ1n) is 5.26. The van der Waals surface area contributed by atoms with Crippen molar-refractivity contribution in [3.05, 3.63) is 29.8 Å². The first-order chi connectivity index (χ1) is 7.81. The summed E-state index contributed by atoms with van der Waals surface area (Å²) in [4.78, 5) is 22.7. The Morgan fingerprint density at radius 1 is 1.35 bits per heavy atom. The van der Waals surface area contributed by atoms with E-state index in [1.807, 2.05) is 0 Å². The smallest absolute Gasteiger partial charge is 0.242 e. The van der Waals surface area contributed by atoms with E-state index in [1.165, 1.54) is 0 Å². The molecule has 1 rings (SSSR count). The van der Waals surface area contributed by atoms with Crippen molar-refractivity contribution in [2.75, 3.05) is 5.73 Å². The van der Waals surface area contributed by atoms with Gasteiger partial charge in [-0.05, 0) is 31.5 Å². The number of rotatable bonds is 4. The van der Waals surface area contributed by atoms with Crippen LogP contribution in [0, 0.1) is 0 Å². The van der Waals surface area contributed by atoms with E-state index < -0.39 is 11.4 Å². The molecule has 0 saturated heterocycles. The van der Waals surface area contributed by atoms with Crippen LogP contribution >= 0.6 is 0 Å². The van der Waals surface area contributed by atoms with E-state index in [9.17, 15) is 9.59 Å². The summed E-state index contributed by atoms with van der Waals surface area (Å²) < 4.78 is 0. The van der Waals surface area contributed by atoms with Gasteiger partial charge in [-0.1, -0.05) is 12.1 Å². The predicted octanol–water partition coefficient (Wildman–Crippen LogP) is 0.191. The maximum absolute atomic E-state index is 11.7. The number of nitrogens with two attached hydrogens (primary N) is 2. The number of primary amides is 1. The molecule has 0 radical (unpaired) electrons. The average Bonchev–Trinajstić information content (AvgIpc) is 2.15. The molecule has 5 nitrogen and oxygen atoms in total. The van der Waals surface area contributed by atoms with Gasteiger partial charge in [0.25, 0.3) is 0 Å². The van der Waals surface area contributed by atoms with Crippen molar-refractivity contribution in [1.82, 2.24) is 5.32 Å². The molecule has 0 bridgehead atoms. The van der Waals surface area contributed by atoms with Gasteiger partial charge in [-0.25, -0.2) is 0 Å². The lowest BCUT2D eigenvalue weighted by Crippen LogP contribution is -2.53. The van der Waals surface area contributed by atoms with Gasteiger partial charge >= 0.3 is 0 Å². The van der Waals surface area contributed by atoms with Crippen LogP contribution in [0.2, 0.25) is 0 Å². The Balaban J connectivity index is 2.65. The Morgan fingerprint density at radius 3 is 2.53 bits per heavy atom. The van der Waals surface area contributed by atoms with E-state index >= 15 is 0 Å². The number of hydrogen-bond donors (Lipinski definition) is 3. The lowest BCUT2D eigenvalue weighted by molar-refractivity contribution is -0.130. The van der Waals surface area contributed by atoms with Gasteiger partial charge in [0.05, 0.1) is 6.42 Å². The van der Waals surface area contributed by atoms with Crippen molar-refractivity contribution in [2.45, 2.75) is 25.8 Å². The fourth-order valence-electron chi connectivity index (χ4n) is 1.34. The molecule has 0 aromatic heterocycles. The normalized spacial score (nSPS) is 10.9. The zero-order valence-corrected chi connectivity index (χ0v) is 9.99. The van der Waals surface area contributed by atoms with Crippen LogP contribution in [0.4, 0.5) is 5.69 Å². The van der Waals surface area contributed by atoms with Gasteiger partial charge in [-0.3, -0.25) is 9.59 Å². The highest BCUT2D eigenvalue weighted by atomic mass is 16.2. The molecular weight excluding hydrogens is 218 g/mol. The lowest BCUT2D eigenvalue weighted by atomic mass is 10.0. The second-order valence-electron chi connectivity index (χ2n) is 4.46. The zero-order chi connectivity index (χ0) is 13.1. The van der Waals surface area contributed by atoms with Crippen molar-refractivity contribution in [1.29, 1.82) is 0 Å². The minimum atomic E-state index is -1.04. The molecule has 0 spiro atoms. The SMILES string of the molecule is CC(C)(NC(=O)Cc1cccc(N)c1)C(N)=O. The van der Waals surface area contributed by atoms with Gasteiger partial charge < -0.3 is 16.8 Å². The highest BCUT2D eigenvalue weighted by Gasteiger charge is 2.26. The van der Waals surface area contributed by atoms with Gasteiger partial charge in [0.1, 0.15) is 5.54 Å². The van der Waals surface area contributed by atoms with Crippen molar-refractivity contribution in [3.63, 3.8) is 0 Å². The minimum absolute atomic E-state index is 0.168. The number of nitrogen functional groups attached to an aromatic ring is 1. The number of benzene rings is 1. The molecule has 17 heavy (non-hydrogen) atoms. The fraction of sp³-hybridized carbons (Fsp3) is 0.333. The van der Waals surface area contributed by atoms with Crippen LogP contribution in [0.5, 0.6) is 0 Å². The molecule has 0 heterocycles. The molecule has 0 atom stereocenters. The van der Waals surface area contributed by atoms with E-state index in [0.29, 0.717) is 5.69 Å². The molecule has 1 aromatic rings. The zero-order valence-electron chi connectivity index (χ0n) is 9.99. The second kappa shape index (κ2) is 4.86. The molecule has 0 aliphatic carbocycles. The minimum Gasteiger partial charge on any atom is -0.399 e. The summed E-state index contributed by atoms with van der Waals surface area (Å²) in [6.45, 7) is 3.12. The molecule has 0 saturated carbocycles. The summed E-state index contributed by atoms with van der Waals surface area (Å²) >= 11 is 0. The van der Waals surface area contributed by atoms with E-state index in [-0.39, 0.29) is 12.3 Å². The Kier molecular flexibility index (Phi) is 3.73. The summed E-state index contributed by atoms with van der Waals surface area (Å²) in [5.41, 5.74) is 11.1. The van der Waals surface area contributed by atoms with Crippen LogP contribution in [0.3, 0.4) is 0 Å². The highest BCUT2D eigenvalue weighted by Crippen LogP contribution is 2.08. The van der Waals surface area contributed by atoms with Crippen molar-refractivity contribution >= 4 is 17.5 Å². The molecule has 0 aliphatic rings. The van der Waals surface area contributed by atoms with Crippen molar-refractivity contribution < 1.29 is 9.59 Å². The molecule has 5 N–H and O–H groups in total. The van der Waals surface area contributed by atoms with Gasteiger partial charge in [0.2, 0.25) is 11.8 Å². The summed E-state index contributed by atoms with van der Waals surface area (Å²) in [7, 11) is 0. The first kappa shape index (κ1) is 13.0. The maximum atomic E-state index is 11.7. The molecule has 2 amide bonds. The molecule has 1 aromatic carbocycles. The van der Waals surface area contributed by atoms with Gasteiger partial charge in [0.15, 0.2) is 0 Å². The molecule has 92 valence electrons. The van der Waals surface area contributed by atoms with E-state index in [0.717, 1.165) is 5.56 Å². The maximum Gasteiger partial charge on any atom is 0.242 e. The number of amides is 2. The van der Waals surface area contributed by atoms with E-state index in [1.54, 1.807) is 38.1 Å². The molecule has 5 heteroatoms. The monoisotopic (exact) mass is 235 g/mol. The predicted molar refractivity (Wildman–Crippen MR) is 66.0 cm³/mol. The Bertz CT molecular complexity index is 441. The Morgan fingerprint density at radius 2 is 2.00 bits per heavy atom. The largest absolute Gasteiger partial charge is 0.399 e. The highest BCUT2D eigenvalue weighted by molar-refractivity contribution is 5.90. The third kappa shape index (κ3) is 3.79. The second-order valence-corrected chi connectivity index (χ2v) is 4.46. The average molecular weight is 235 g/mol. The topological polar surface area (TPSA) is 98.2 Å². The number of carbonyl (C=O) groups is 2. The van der Waals surface area contributed by atoms with Crippen molar-refractivity contribution in [3.8, 4) is 0 Å². The molecular formula is C12H17N3O2. The van der Waals surface area contributed by atoms with Crippen LogP contribution in [0.15, 0.2) is 24.3 Å². The Hall–Kier alpha value is -2.04. The standard InChI is InChI=1S/C12H17N3O2/c1-12(2,11(14)17)15-10(16)7-8-4-3-5-9(13)6-8/h3-6H,7,13H2,1-2H3,(H2,14,17)(H,15,16). The van der Waals surface area contributed by atoms with E-state index in [2.05, 4.69) is 5.32 Å². The van der Waals surface area contributed by atoms with Crippen LogP contribution in [0.25, 0.3) is 0 Å². The first-order valence-corrected chi connectivity index (χ1v) is 5.26. The van der Waals surface area contributed by atoms with Crippen molar-refractivity contribution in [2.24, 2.45) is 5.73 Å². The number of nitrogens with one attached hydrogen (secondary N) is 1. The van der Waals surface area contributed by atoms with E-state index in [4.69, 9.17) is 11.5 Å². The third-order valence-corrected chi connectivity index (χ3v) is 2.38. The number of hydrogen-bond acceptors (Lipinski definition) is 3. The molecule has 0 aliphatic heterocycles. The van der Waals surface area contributed by atoms with Crippen LogP contribution < -0.4 is 16.8 Å². The lowest BCUT2D eigenvalue weighted by Gasteiger charge is -2.22. The van der Waals surface area contributed by atoms with Crippen LogP contribution in [-0.4, -0.2) is 17.4 Å². The fourth-order valence-corrected chi connectivity index (χ4v) is 1.34. The summed E-state index contributed by atoms with van der Waals surface area (Å²) in [5.74, 6) is -0.835. The van der Waals surface area contributed by atoms with Gasteiger partial charge in [0, 0.05) is 5.69 Å².